The van der Waals surface area contributed by atoms with Crippen molar-refractivity contribution in [2.45, 2.75) is 38.5 Å². The molecule has 4 heteroatoms. The van der Waals surface area contributed by atoms with Crippen LogP contribution in [0.5, 0.6) is 0 Å². The fraction of sp³-hybridized carbons (Fsp3) is 0.818. The van der Waals surface area contributed by atoms with E-state index in [1.54, 1.807) is 4.90 Å². The first-order valence-corrected chi connectivity index (χ1v) is 5.61. The summed E-state index contributed by atoms with van der Waals surface area (Å²) >= 11 is 0. The second-order valence-electron chi connectivity index (χ2n) is 4.80. The van der Waals surface area contributed by atoms with Gasteiger partial charge in [-0.2, -0.15) is 0 Å². The van der Waals surface area contributed by atoms with Gasteiger partial charge in [-0.25, -0.2) is 0 Å². The molecule has 0 aromatic heterocycles. The van der Waals surface area contributed by atoms with E-state index in [0.717, 1.165) is 13.0 Å². The molecule has 2 fully saturated rings. The molecular formula is C11H17NO3. The van der Waals surface area contributed by atoms with Crippen LogP contribution in [0.2, 0.25) is 0 Å². The molecule has 2 rings (SSSR count). The molecule has 0 unspecified atom stereocenters. The standard InChI is InChI=1S/C11H17NO3/c13-9-8-11(3-1-4-11)5-7-12(9)6-2-10(14)15/h1-8H2,(H,14,15). The lowest BCUT2D eigenvalue weighted by Gasteiger charge is -2.47. The van der Waals surface area contributed by atoms with Crippen LogP contribution in [0.25, 0.3) is 0 Å². The molecule has 1 aliphatic heterocycles. The van der Waals surface area contributed by atoms with Gasteiger partial charge < -0.3 is 10.0 Å². The molecule has 84 valence electrons. The van der Waals surface area contributed by atoms with Crippen LogP contribution >= 0.6 is 0 Å². The number of hydrogen-bond donors (Lipinski definition) is 1. The molecule has 1 heterocycles. The first kappa shape index (κ1) is 10.5. The van der Waals surface area contributed by atoms with E-state index in [1.165, 1.54) is 19.3 Å². The van der Waals surface area contributed by atoms with Crippen LogP contribution in [0.3, 0.4) is 0 Å². The van der Waals surface area contributed by atoms with E-state index in [9.17, 15) is 9.59 Å². The van der Waals surface area contributed by atoms with E-state index in [-0.39, 0.29) is 12.3 Å². The van der Waals surface area contributed by atoms with Gasteiger partial charge in [0, 0.05) is 19.5 Å². The third-order valence-electron chi connectivity index (χ3n) is 3.80. The van der Waals surface area contributed by atoms with Crippen molar-refractivity contribution in [3.8, 4) is 0 Å². The van der Waals surface area contributed by atoms with Crippen LogP contribution in [-0.4, -0.2) is 35.0 Å². The minimum absolute atomic E-state index is 0.0682. The lowest BCUT2D eigenvalue weighted by atomic mass is 9.63. The number of carbonyl (C=O) groups excluding carboxylic acids is 1. The minimum atomic E-state index is -0.827. The summed E-state index contributed by atoms with van der Waals surface area (Å²) in [6.07, 6.45) is 5.41. The largest absolute Gasteiger partial charge is 0.481 e. The van der Waals surface area contributed by atoms with Crippen LogP contribution in [0.1, 0.15) is 38.5 Å². The van der Waals surface area contributed by atoms with Crippen molar-refractivity contribution in [1.29, 1.82) is 0 Å². The Labute approximate surface area is 89.3 Å². The lowest BCUT2D eigenvalue weighted by molar-refractivity contribution is -0.143. The van der Waals surface area contributed by atoms with Gasteiger partial charge in [0.15, 0.2) is 0 Å². The van der Waals surface area contributed by atoms with E-state index in [4.69, 9.17) is 5.11 Å². The van der Waals surface area contributed by atoms with Crippen LogP contribution in [-0.2, 0) is 9.59 Å². The van der Waals surface area contributed by atoms with E-state index < -0.39 is 5.97 Å². The molecule has 1 saturated heterocycles. The van der Waals surface area contributed by atoms with Crippen LogP contribution in [0.4, 0.5) is 0 Å². The first-order chi connectivity index (χ1) is 7.11. The minimum Gasteiger partial charge on any atom is -0.481 e. The molecule has 1 saturated carbocycles. The molecule has 1 N–H and O–H groups in total. The van der Waals surface area contributed by atoms with Crippen molar-refractivity contribution in [2.24, 2.45) is 5.41 Å². The molecule has 1 aliphatic carbocycles. The molecule has 1 spiro atoms. The second-order valence-corrected chi connectivity index (χ2v) is 4.80. The fourth-order valence-corrected chi connectivity index (χ4v) is 2.59. The quantitative estimate of drug-likeness (QED) is 0.764. The Morgan fingerprint density at radius 1 is 1.40 bits per heavy atom. The van der Waals surface area contributed by atoms with Gasteiger partial charge in [-0.3, -0.25) is 9.59 Å². The van der Waals surface area contributed by atoms with Crippen molar-refractivity contribution in [3.63, 3.8) is 0 Å². The summed E-state index contributed by atoms with van der Waals surface area (Å²) in [5.41, 5.74) is 0.302. The van der Waals surface area contributed by atoms with Crippen LogP contribution in [0.15, 0.2) is 0 Å². The van der Waals surface area contributed by atoms with Crippen molar-refractivity contribution in [3.05, 3.63) is 0 Å². The average Bonchev–Trinajstić information content (AvgIpc) is 2.13. The molecule has 0 aromatic carbocycles. The van der Waals surface area contributed by atoms with Crippen molar-refractivity contribution < 1.29 is 14.7 Å². The maximum Gasteiger partial charge on any atom is 0.305 e. The van der Waals surface area contributed by atoms with Crippen molar-refractivity contribution in [1.82, 2.24) is 4.90 Å². The Balaban J connectivity index is 1.84. The summed E-state index contributed by atoms with van der Waals surface area (Å²) in [6, 6.07) is 0. The number of likely N-dealkylation sites (tertiary alicyclic amines) is 1. The van der Waals surface area contributed by atoms with E-state index in [1.807, 2.05) is 0 Å². The van der Waals surface area contributed by atoms with Crippen molar-refractivity contribution in [2.75, 3.05) is 13.1 Å². The average molecular weight is 211 g/mol. The Hall–Kier alpha value is -1.06. The summed E-state index contributed by atoms with van der Waals surface area (Å²) < 4.78 is 0. The molecule has 0 aromatic rings. The highest BCUT2D eigenvalue weighted by Gasteiger charge is 2.42. The van der Waals surface area contributed by atoms with E-state index in [2.05, 4.69) is 0 Å². The number of carboxylic acids is 1. The lowest BCUT2D eigenvalue weighted by Crippen LogP contribution is -2.47. The molecule has 4 nitrogen and oxygen atoms in total. The highest BCUT2D eigenvalue weighted by atomic mass is 16.4. The predicted octanol–water partition coefficient (Wildman–Crippen LogP) is 1.25. The predicted molar refractivity (Wildman–Crippen MR) is 54.4 cm³/mol. The maximum absolute atomic E-state index is 11.7. The van der Waals surface area contributed by atoms with Gasteiger partial charge in [-0.15, -0.1) is 0 Å². The normalized spacial score (nSPS) is 24.0. The second kappa shape index (κ2) is 3.83. The molecule has 15 heavy (non-hydrogen) atoms. The Morgan fingerprint density at radius 3 is 2.60 bits per heavy atom. The number of hydrogen-bond acceptors (Lipinski definition) is 2. The first-order valence-electron chi connectivity index (χ1n) is 5.61. The zero-order valence-electron chi connectivity index (χ0n) is 8.87. The summed E-state index contributed by atoms with van der Waals surface area (Å²) in [5.74, 6) is -0.672. The topological polar surface area (TPSA) is 57.6 Å². The van der Waals surface area contributed by atoms with E-state index in [0.29, 0.717) is 18.4 Å². The Morgan fingerprint density at radius 2 is 2.13 bits per heavy atom. The number of amides is 1. The summed E-state index contributed by atoms with van der Waals surface area (Å²) in [6.45, 7) is 1.14. The Bertz CT molecular complexity index is 284. The molecule has 1 amide bonds. The number of rotatable bonds is 3. The highest BCUT2D eigenvalue weighted by Crippen LogP contribution is 2.49. The van der Waals surface area contributed by atoms with Gasteiger partial charge in [0.2, 0.25) is 5.91 Å². The zero-order chi connectivity index (χ0) is 10.9. The third-order valence-corrected chi connectivity index (χ3v) is 3.80. The van der Waals surface area contributed by atoms with Gasteiger partial charge in [0.25, 0.3) is 0 Å². The molecule has 0 bridgehead atoms. The van der Waals surface area contributed by atoms with Gasteiger partial charge in [0.1, 0.15) is 0 Å². The monoisotopic (exact) mass is 211 g/mol. The van der Waals surface area contributed by atoms with Gasteiger partial charge in [-0.05, 0) is 24.7 Å². The van der Waals surface area contributed by atoms with Gasteiger partial charge in [0.05, 0.1) is 6.42 Å². The van der Waals surface area contributed by atoms with Crippen LogP contribution in [0, 0.1) is 5.41 Å². The van der Waals surface area contributed by atoms with Crippen LogP contribution < -0.4 is 0 Å². The number of carboxylic acid groups (broad SMARTS) is 1. The summed E-state index contributed by atoms with van der Waals surface area (Å²) in [4.78, 5) is 23.9. The number of carbonyl (C=O) groups is 2. The summed E-state index contributed by atoms with van der Waals surface area (Å²) in [5, 5.41) is 8.55. The zero-order valence-corrected chi connectivity index (χ0v) is 8.87. The smallest absolute Gasteiger partial charge is 0.305 e. The Kier molecular flexibility index (Phi) is 2.67. The number of aliphatic carboxylic acids is 1. The number of nitrogens with zero attached hydrogens (tertiary/aromatic N) is 1. The summed E-state index contributed by atoms with van der Waals surface area (Å²) in [7, 11) is 0. The highest BCUT2D eigenvalue weighted by molar-refractivity contribution is 5.78. The molecular weight excluding hydrogens is 194 g/mol. The molecule has 2 aliphatic rings. The van der Waals surface area contributed by atoms with Gasteiger partial charge >= 0.3 is 5.97 Å². The maximum atomic E-state index is 11.7. The fourth-order valence-electron chi connectivity index (χ4n) is 2.59. The SMILES string of the molecule is O=C(O)CCN1CCC2(CCC2)CC1=O. The molecule has 0 radical (unpaired) electrons. The molecule has 0 atom stereocenters. The third kappa shape index (κ3) is 2.13. The van der Waals surface area contributed by atoms with Crippen molar-refractivity contribution >= 4 is 11.9 Å². The number of piperidine rings is 1. The van der Waals surface area contributed by atoms with E-state index >= 15 is 0 Å². The van der Waals surface area contributed by atoms with Gasteiger partial charge in [-0.1, -0.05) is 6.42 Å².